The van der Waals surface area contributed by atoms with Gasteiger partial charge in [0.25, 0.3) is 0 Å². The molecular weight excluding hydrogens is 298 g/mol. The molecule has 1 unspecified atom stereocenters. The number of carbonyl (C=O) groups is 2. The van der Waals surface area contributed by atoms with Crippen molar-refractivity contribution in [3.63, 3.8) is 0 Å². The highest BCUT2D eigenvalue weighted by atomic mass is 16.5. The third kappa shape index (κ3) is 5.27. The first-order chi connectivity index (χ1) is 11.1. The van der Waals surface area contributed by atoms with E-state index in [0.717, 1.165) is 5.56 Å². The third-order valence-electron chi connectivity index (χ3n) is 3.68. The molecular formula is C16H19N3O4. The van der Waals surface area contributed by atoms with Gasteiger partial charge in [0, 0.05) is 25.6 Å². The molecule has 0 saturated carbocycles. The van der Waals surface area contributed by atoms with Crippen LogP contribution in [0.4, 0.5) is 4.79 Å². The highest BCUT2D eigenvalue weighted by molar-refractivity contribution is 5.77. The second kappa shape index (κ2) is 8.15. The van der Waals surface area contributed by atoms with Crippen LogP contribution in [0.1, 0.15) is 17.5 Å². The maximum atomic E-state index is 12.3. The Morgan fingerprint density at radius 3 is 2.52 bits per heavy atom. The van der Waals surface area contributed by atoms with Crippen molar-refractivity contribution >= 4 is 12.0 Å². The van der Waals surface area contributed by atoms with Crippen LogP contribution in [0.5, 0.6) is 0 Å². The minimum atomic E-state index is -1.15. The number of hydrogen-bond acceptors (Lipinski definition) is 4. The maximum absolute atomic E-state index is 12.3. The largest absolute Gasteiger partial charge is 0.465 e. The van der Waals surface area contributed by atoms with Gasteiger partial charge in [-0.15, -0.1) is 0 Å². The predicted molar refractivity (Wildman–Crippen MR) is 81.8 cm³/mol. The zero-order valence-electron chi connectivity index (χ0n) is 12.7. The molecule has 7 heteroatoms. The van der Waals surface area contributed by atoms with E-state index in [1.54, 1.807) is 29.2 Å². The number of ether oxygens (including phenoxy) is 1. The first-order valence-corrected chi connectivity index (χ1v) is 7.42. The highest BCUT2D eigenvalue weighted by Crippen LogP contribution is 2.10. The summed E-state index contributed by atoms with van der Waals surface area (Å²) in [6.07, 6.45) is -0.654. The number of carbonyl (C=O) groups excluding carboxylic acids is 1. The van der Waals surface area contributed by atoms with Crippen molar-refractivity contribution in [1.29, 1.82) is 5.26 Å². The molecule has 2 amide bonds. The average molecular weight is 317 g/mol. The fraction of sp³-hybridized carbons (Fsp3) is 0.438. The van der Waals surface area contributed by atoms with Crippen LogP contribution in [-0.2, 0) is 16.0 Å². The van der Waals surface area contributed by atoms with E-state index in [1.165, 1.54) is 0 Å². The third-order valence-corrected chi connectivity index (χ3v) is 3.68. The molecule has 2 N–H and O–H groups in total. The summed E-state index contributed by atoms with van der Waals surface area (Å²) in [5.41, 5.74) is 1.42. The van der Waals surface area contributed by atoms with Gasteiger partial charge in [0.1, 0.15) is 0 Å². The molecule has 0 aliphatic carbocycles. The molecule has 0 aromatic heterocycles. The maximum Gasteiger partial charge on any atom is 0.404 e. The fourth-order valence-electron chi connectivity index (χ4n) is 2.50. The van der Waals surface area contributed by atoms with E-state index in [2.05, 4.69) is 5.32 Å². The van der Waals surface area contributed by atoms with Crippen LogP contribution in [0, 0.1) is 11.3 Å². The van der Waals surface area contributed by atoms with E-state index in [4.69, 9.17) is 15.1 Å². The monoisotopic (exact) mass is 317 g/mol. The minimum absolute atomic E-state index is 0.0827. The van der Waals surface area contributed by atoms with Crippen LogP contribution in [0.3, 0.4) is 0 Å². The SMILES string of the molecule is N#Cc1ccc(CC(CC(=O)N2CCOCC2)NC(=O)O)cc1. The Kier molecular flexibility index (Phi) is 5.94. The van der Waals surface area contributed by atoms with Crippen LogP contribution in [0.2, 0.25) is 0 Å². The van der Waals surface area contributed by atoms with E-state index in [0.29, 0.717) is 38.3 Å². The molecule has 1 fully saturated rings. The Balaban J connectivity index is 1.99. The number of morpholine rings is 1. The second-order valence-electron chi connectivity index (χ2n) is 5.36. The zero-order chi connectivity index (χ0) is 16.7. The Morgan fingerprint density at radius 2 is 1.96 bits per heavy atom. The van der Waals surface area contributed by atoms with Gasteiger partial charge in [0.15, 0.2) is 0 Å². The van der Waals surface area contributed by atoms with E-state index in [-0.39, 0.29) is 12.3 Å². The van der Waals surface area contributed by atoms with Crippen molar-refractivity contribution in [2.45, 2.75) is 18.9 Å². The summed E-state index contributed by atoms with van der Waals surface area (Å²) in [4.78, 5) is 24.9. The molecule has 1 aliphatic rings. The van der Waals surface area contributed by atoms with Crippen LogP contribution < -0.4 is 5.32 Å². The lowest BCUT2D eigenvalue weighted by Crippen LogP contribution is -2.45. The molecule has 0 bridgehead atoms. The molecule has 7 nitrogen and oxygen atoms in total. The molecule has 122 valence electrons. The Morgan fingerprint density at radius 1 is 1.30 bits per heavy atom. The first kappa shape index (κ1) is 16.8. The molecule has 1 aromatic carbocycles. The summed E-state index contributed by atoms with van der Waals surface area (Å²) in [6.45, 7) is 2.10. The quantitative estimate of drug-likeness (QED) is 0.843. The number of hydrogen-bond donors (Lipinski definition) is 2. The van der Waals surface area contributed by atoms with Gasteiger partial charge in [-0.05, 0) is 24.1 Å². The number of amides is 2. The predicted octanol–water partition coefficient (Wildman–Crippen LogP) is 0.986. The number of nitriles is 1. The van der Waals surface area contributed by atoms with E-state index >= 15 is 0 Å². The normalized spacial score (nSPS) is 15.5. The zero-order valence-corrected chi connectivity index (χ0v) is 12.7. The molecule has 0 spiro atoms. The number of nitrogens with zero attached hydrogens (tertiary/aromatic N) is 2. The molecule has 1 atom stereocenters. The van der Waals surface area contributed by atoms with Crippen molar-refractivity contribution in [3.05, 3.63) is 35.4 Å². The molecule has 23 heavy (non-hydrogen) atoms. The molecule has 2 rings (SSSR count). The van der Waals surface area contributed by atoms with Crippen molar-refractivity contribution in [1.82, 2.24) is 10.2 Å². The number of nitrogens with one attached hydrogen (secondary N) is 1. The number of benzene rings is 1. The van der Waals surface area contributed by atoms with Gasteiger partial charge in [-0.25, -0.2) is 4.79 Å². The van der Waals surface area contributed by atoms with Gasteiger partial charge in [-0.3, -0.25) is 4.79 Å². The molecule has 1 saturated heterocycles. The summed E-state index contributed by atoms with van der Waals surface area (Å²) in [6, 6.07) is 8.43. The Hall–Kier alpha value is -2.59. The average Bonchev–Trinajstić information content (AvgIpc) is 2.55. The molecule has 0 radical (unpaired) electrons. The lowest BCUT2D eigenvalue weighted by Gasteiger charge is -2.28. The van der Waals surface area contributed by atoms with Crippen molar-refractivity contribution in [3.8, 4) is 6.07 Å². The van der Waals surface area contributed by atoms with E-state index < -0.39 is 12.1 Å². The van der Waals surface area contributed by atoms with Crippen molar-refractivity contribution in [2.24, 2.45) is 0 Å². The summed E-state index contributed by atoms with van der Waals surface area (Å²) in [5, 5.41) is 20.2. The van der Waals surface area contributed by atoms with Crippen LogP contribution in [-0.4, -0.2) is 54.4 Å². The van der Waals surface area contributed by atoms with E-state index in [9.17, 15) is 9.59 Å². The van der Waals surface area contributed by atoms with Gasteiger partial charge in [0.2, 0.25) is 5.91 Å². The standard InChI is InChI=1S/C16H19N3O4/c17-11-13-3-1-12(2-4-13)9-14(18-16(21)22)10-15(20)19-5-7-23-8-6-19/h1-4,14,18H,5-10H2,(H,21,22). The minimum Gasteiger partial charge on any atom is -0.465 e. The topological polar surface area (TPSA) is 103 Å². The van der Waals surface area contributed by atoms with Crippen LogP contribution in [0.15, 0.2) is 24.3 Å². The van der Waals surface area contributed by atoms with E-state index in [1.807, 2.05) is 6.07 Å². The summed E-state index contributed by atoms with van der Waals surface area (Å²) in [5.74, 6) is -0.0827. The van der Waals surface area contributed by atoms with Gasteiger partial charge >= 0.3 is 6.09 Å². The molecule has 1 aromatic rings. The highest BCUT2D eigenvalue weighted by Gasteiger charge is 2.22. The lowest BCUT2D eigenvalue weighted by molar-refractivity contribution is -0.135. The lowest BCUT2D eigenvalue weighted by atomic mass is 10.0. The first-order valence-electron chi connectivity index (χ1n) is 7.42. The van der Waals surface area contributed by atoms with Gasteiger partial charge < -0.3 is 20.1 Å². The summed E-state index contributed by atoms with van der Waals surface area (Å²) in [7, 11) is 0. The van der Waals surface area contributed by atoms with Crippen molar-refractivity contribution < 1.29 is 19.4 Å². The number of carboxylic acid groups (broad SMARTS) is 1. The summed E-state index contributed by atoms with van der Waals surface area (Å²) < 4.78 is 5.21. The Labute approximate surface area is 134 Å². The fourth-order valence-corrected chi connectivity index (χ4v) is 2.50. The molecule has 1 heterocycles. The summed E-state index contributed by atoms with van der Waals surface area (Å²) >= 11 is 0. The number of rotatable bonds is 5. The van der Waals surface area contributed by atoms with Crippen molar-refractivity contribution in [2.75, 3.05) is 26.3 Å². The van der Waals surface area contributed by atoms with Gasteiger partial charge in [0.05, 0.1) is 24.8 Å². The van der Waals surface area contributed by atoms with Crippen LogP contribution in [0.25, 0.3) is 0 Å². The van der Waals surface area contributed by atoms with Gasteiger partial charge in [-0.2, -0.15) is 5.26 Å². The molecule has 1 aliphatic heterocycles. The van der Waals surface area contributed by atoms with Gasteiger partial charge in [-0.1, -0.05) is 12.1 Å². The van der Waals surface area contributed by atoms with Crippen LogP contribution >= 0.6 is 0 Å². The Bertz CT molecular complexity index is 588. The second-order valence-corrected chi connectivity index (χ2v) is 5.36. The smallest absolute Gasteiger partial charge is 0.404 e.